The second-order valence-electron chi connectivity index (χ2n) is 7.77. The van der Waals surface area contributed by atoms with Crippen molar-refractivity contribution in [2.75, 3.05) is 0 Å². The van der Waals surface area contributed by atoms with Crippen molar-refractivity contribution in [3.8, 4) is 0 Å². The molecule has 4 rings (SSSR count). The molecular weight excluding hydrogens is 447 g/mol. The summed E-state index contributed by atoms with van der Waals surface area (Å²) in [6.45, 7) is 4.15. The lowest BCUT2D eigenvalue weighted by Crippen LogP contribution is -2.29. The largest absolute Gasteiger partial charge is 0.507 e. The zero-order valence-electron chi connectivity index (χ0n) is 17.5. The molecule has 32 heavy (non-hydrogen) atoms. The number of aliphatic hydroxyl groups is 1. The van der Waals surface area contributed by atoms with Crippen LogP contribution in [-0.2, 0) is 16.1 Å². The van der Waals surface area contributed by atoms with Crippen LogP contribution < -0.4 is 0 Å². The predicted octanol–water partition coefficient (Wildman–Crippen LogP) is 5.63. The van der Waals surface area contributed by atoms with E-state index >= 15 is 0 Å². The average molecular weight is 467 g/mol. The molecule has 3 aromatic rings. The lowest BCUT2D eigenvalue weighted by atomic mass is 9.96. The van der Waals surface area contributed by atoms with Crippen LogP contribution in [0.3, 0.4) is 0 Å². The fourth-order valence-corrected chi connectivity index (χ4v) is 4.18. The highest BCUT2D eigenvalue weighted by Gasteiger charge is 2.46. The van der Waals surface area contributed by atoms with Gasteiger partial charge in [-0.1, -0.05) is 53.0 Å². The van der Waals surface area contributed by atoms with Gasteiger partial charge in [-0.15, -0.1) is 0 Å². The summed E-state index contributed by atoms with van der Waals surface area (Å²) >= 11 is 12.1. The van der Waals surface area contributed by atoms with E-state index in [4.69, 9.17) is 23.2 Å². The van der Waals surface area contributed by atoms with E-state index in [-0.39, 0.29) is 22.9 Å². The summed E-state index contributed by atoms with van der Waals surface area (Å²) in [6.07, 6.45) is 3.20. The van der Waals surface area contributed by atoms with Crippen LogP contribution in [0, 0.1) is 13.8 Å². The maximum atomic E-state index is 13.1. The standard InChI is InChI=1S/C25H20Cl2N2O3/c1-14-5-6-15(2)18(10-14)13-29-22(17-4-3-9-28-12-17)21(24(31)25(29)32)23(30)16-7-8-19(26)20(27)11-16/h3-12,22,30H,13H2,1-2H3/b23-21-. The number of nitrogens with zero attached hydrogens (tertiary/aromatic N) is 2. The Morgan fingerprint density at radius 3 is 2.53 bits per heavy atom. The number of pyridine rings is 1. The van der Waals surface area contributed by atoms with Crippen molar-refractivity contribution in [2.45, 2.75) is 26.4 Å². The number of amides is 1. The third-order valence-electron chi connectivity index (χ3n) is 5.58. The number of benzene rings is 2. The predicted molar refractivity (Wildman–Crippen MR) is 124 cm³/mol. The van der Waals surface area contributed by atoms with Gasteiger partial charge in [0, 0.05) is 24.5 Å². The fraction of sp³-hybridized carbons (Fsp3) is 0.160. The minimum absolute atomic E-state index is 0.00769. The lowest BCUT2D eigenvalue weighted by Gasteiger charge is -2.26. The number of aromatic nitrogens is 1. The Balaban J connectivity index is 1.87. The summed E-state index contributed by atoms with van der Waals surface area (Å²) in [6, 6.07) is 13.2. The number of Topliss-reactive ketones (excluding diaryl/α,β-unsaturated/α-hetero) is 1. The summed E-state index contributed by atoms with van der Waals surface area (Å²) < 4.78 is 0. The van der Waals surface area contributed by atoms with Gasteiger partial charge in [-0.2, -0.15) is 0 Å². The van der Waals surface area contributed by atoms with Crippen molar-refractivity contribution in [3.05, 3.63) is 104 Å². The normalized spacial score (nSPS) is 17.8. The topological polar surface area (TPSA) is 70.5 Å². The smallest absolute Gasteiger partial charge is 0.295 e. The van der Waals surface area contributed by atoms with E-state index in [0.29, 0.717) is 16.1 Å². The summed E-state index contributed by atoms with van der Waals surface area (Å²) in [7, 11) is 0. The third kappa shape index (κ3) is 4.01. The van der Waals surface area contributed by atoms with Crippen LogP contribution >= 0.6 is 23.2 Å². The van der Waals surface area contributed by atoms with Crippen molar-refractivity contribution in [3.63, 3.8) is 0 Å². The molecule has 7 heteroatoms. The summed E-state index contributed by atoms with van der Waals surface area (Å²) in [5, 5.41) is 11.7. The molecule has 1 amide bonds. The molecule has 1 saturated heterocycles. The van der Waals surface area contributed by atoms with Crippen molar-refractivity contribution >= 4 is 40.7 Å². The Labute approximate surface area is 195 Å². The molecule has 1 aliphatic rings. The zero-order valence-corrected chi connectivity index (χ0v) is 19.0. The van der Waals surface area contributed by atoms with Gasteiger partial charge in [0.2, 0.25) is 0 Å². The Morgan fingerprint density at radius 1 is 1.06 bits per heavy atom. The first kappa shape index (κ1) is 22.1. The van der Waals surface area contributed by atoms with E-state index in [1.165, 1.54) is 17.0 Å². The quantitative estimate of drug-likeness (QED) is 0.307. The van der Waals surface area contributed by atoms with Crippen LogP contribution in [0.1, 0.15) is 33.9 Å². The number of ketones is 1. The number of aryl methyl sites for hydroxylation is 2. The maximum Gasteiger partial charge on any atom is 0.295 e. The van der Waals surface area contributed by atoms with Gasteiger partial charge in [-0.25, -0.2) is 0 Å². The first-order chi connectivity index (χ1) is 15.3. The fourth-order valence-electron chi connectivity index (χ4n) is 3.88. The number of likely N-dealkylation sites (tertiary alicyclic amines) is 1. The monoisotopic (exact) mass is 466 g/mol. The van der Waals surface area contributed by atoms with E-state index in [9.17, 15) is 14.7 Å². The number of carbonyl (C=O) groups is 2. The second-order valence-corrected chi connectivity index (χ2v) is 8.59. The Hall–Kier alpha value is -3.15. The van der Waals surface area contributed by atoms with Gasteiger partial charge in [0.25, 0.3) is 11.7 Å². The van der Waals surface area contributed by atoms with E-state index in [1.54, 1.807) is 30.6 Å². The van der Waals surface area contributed by atoms with Gasteiger partial charge in [0.1, 0.15) is 5.76 Å². The first-order valence-corrected chi connectivity index (χ1v) is 10.7. The van der Waals surface area contributed by atoms with Crippen molar-refractivity contribution < 1.29 is 14.7 Å². The van der Waals surface area contributed by atoms with E-state index in [0.717, 1.165) is 16.7 Å². The summed E-state index contributed by atoms with van der Waals surface area (Å²) in [4.78, 5) is 31.9. The highest BCUT2D eigenvalue weighted by atomic mass is 35.5. The molecule has 0 saturated carbocycles. The lowest BCUT2D eigenvalue weighted by molar-refractivity contribution is -0.140. The van der Waals surface area contributed by atoms with Gasteiger partial charge >= 0.3 is 0 Å². The first-order valence-electron chi connectivity index (χ1n) is 9.98. The van der Waals surface area contributed by atoms with Crippen molar-refractivity contribution in [2.24, 2.45) is 0 Å². The van der Waals surface area contributed by atoms with E-state index < -0.39 is 17.7 Å². The summed E-state index contributed by atoms with van der Waals surface area (Å²) in [5.74, 6) is -1.74. The minimum atomic E-state index is -0.793. The second kappa shape index (κ2) is 8.77. The third-order valence-corrected chi connectivity index (χ3v) is 6.32. The number of rotatable bonds is 4. The van der Waals surface area contributed by atoms with Gasteiger partial charge in [0.05, 0.1) is 21.7 Å². The molecule has 0 spiro atoms. The van der Waals surface area contributed by atoms with Crippen LogP contribution in [-0.4, -0.2) is 26.7 Å². The van der Waals surface area contributed by atoms with Gasteiger partial charge in [0.15, 0.2) is 0 Å². The van der Waals surface area contributed by atoms with Gasteiger partial charge in [-0.3, -0.25) is 14.6 Å². The Morgan fingerprint density at radius 2 is 1.84 bits per heavy atom. The molecule has 1 atom stereocenters. The molecule has 1 fully saturated rings. The van der Waals surface area contributed by atoms with Crippen LogP contribution in [0.4, 0.5) is 0 Å². The molecule has 1 N–H and O–H groups in total. The molecule has 2 heterocycles. The SMILES string of the molecule is Cc1ccc(C)c(CN2C(=O)C(=O)/C(=C(\O)c3ccc(Cl)c(Cl)c3)C2c2cccnc2)c1. The number of carbonyl (C=O) groups excluding carboxylic acids is 2. The van der Waals surface area contributed by atoms with Crippen molar-refractivity contribution in [1.29, 1.82) is 0 Å². The molecule has 5 nitrogen and oxygen atoms in total. The molecule has 2 aromatic carbocycles. The molecule has 0 radical (unpaired) electrons. The van der Waals surface area contributed by atoms with Crippen LogP contribution in [0.2, 0.25) is 10.0 Å². The highest BCUT2D eigenvalue weighted by Crippen LogP contribution is 2.40. The van der Waals surface area contributed by atoms with Gasteiger partial charge in [-0.05, 0) is 54.8 Å². The summed E-state index contributed by atoms with van der Waals surface area (Å²) in [5.41, 5.74) is 3.90. The molecular formula is C25H20Cl2N2O3. The van der Waals surface area contributed by atoms with Crippen molar-refractivity contribution in [1.82, 2.24) is 9.88 Å². The van der Waals surface area contributed by atoms with Crippen LogP contribution in [0.25, 0.3) is 5.76 Å². The Kier molecular flexibility index (Phi) is 6.04. The van der Waals surface area contributed by atoms with Crippen LogP contribution in [0.5, 0.6) is 0 Å². The highest BCUT2D eigenvalue weighted by molar-refractivity contribution is 6.46. The minimum Gasteiger partial charge on any atom is -0.507 e. The number of hydrogen-bond donors (Lipinski definition) is 1. The van der Waals surface area contributed by atoms with Crippen LogP contribution in [0.15, 0.2) is 66.5 Å². The number of halogens is 2. The number of hydrogen-bond acceptors (Lipinski definition) is 4. The molecule has 1 unspecified atom stereocenters. The molecule has 0 aliphatic carbocycles. The molecule has 1 aromatic heterocycles. The average Bonchev–Trinajstić information content (AvgIpc) is 3.03. The van der Waals surface area contributed by atoms with Gasteiger partial charge < -0.3 is 10.0 Å². The van der Waals surface area contributed by atoms with E-state index in [2.05, 4.69) is 4.98 Å². The maximum absolute atomic E-state index is 13.1. The molecule has 162 valence electrons. The zero-order chi connectivity index (χ0) is 23.0. The number of aliphatic hydroxyl groups excluding tert-OH is 1. The molecule has 1 aliphatic heterocycles. The molecule has 0 bridgehead atoms. The van der Waals surface area contributed by atoms with E-state index in [1.807, 2.05) is 32.0 Å². The Bertz CT molecular complexity index is 1260.